The SMILES string of the molecule is COc1ccc2c3c1O[C@@H]1C4(CCC5[C@H](C2)N(CC2CC2)CCC351)OCCO4. The molecule has 2 bridgehead atoms. The number of ether oxygens (including phenoxy) is 4. The second-order valence-electron chi connectivity index (χ2n) is 9.78. The Bertz CT molecular complexity index is 830. The molecule has 28 heavy (non-hydrogen) atoms. The molecule has 2 saturated carbocycles. The molecule has 3 aliphatic heterocycles. The van der Waals surface area contributed by atoms with Crippen molar-refractivity contribution in [2.24, 2.45) is 11.8 Å². The molecule has 5 heteroatoms. The summed E-state index contributed by atoms with van der Waals surface area (Å²) in [5.74, 6) is 2.84. The maximum atomic E-state index is 6.77. The molecular weight excluding hydrogens is 354 g/mol. The molecule has 4 fully saturated rings. The molecule has 6 aliphatic rings. The molecule has 5 nitrogen and oxygen atoms in total. The highest BCUT2D eigenvalue weighted by Crippen LogP contribution is 2.66. The number of likely N-dealkylation sites (tertiary alicyclic amines) is 1. The van der Waals surface area contributed by atoms with E-state index in [0.717, 1.165) is 36.7 Å². The normalized spacial score (nSPS) is 39.7. The lowest BCUT2D eigenvalue weighted by molar-refractivity contribution is -0.261. The molecule has 2 saturated heterocycles. The number of hydrogen-bond acceptors (Lipinski definition) is 5. The van der Waals surface area contributed by atoms with Gasteiger partial charge in [0, 0.05) is 30.0 Å². The summed E-state index contributed by atoms with van der Waals surface area (Å²) < 4.78 is 25.1. The Hall–Kier alpha value is -1.30. The van der Waals surface area contributed by atoms with Crippen molar-refractivity contribution >= 4 is 0 Å². The van der Waals surface area contributed by atoms with Crippen molar-refractivity contribution in [3.63, 3.8) is 0 Å². The van der Waals surface area contributed by atoms with Gasteiger partial charge in [0.05, 0.1) is 20.3 Å². The summed E-state index contributed by atoms with van der Waals surface area (Å²) in [7, 11) is 1.75. The summed E-state index contributed by atoms with van der Waals surface area (Å²) in [5, 5.41) is 0. The maximum Gasteiger partial charge on any atom is 0.206 e. The van der Waals surface area contributed by atoms with E-state index >= 15 is 0 Å². The third kappa shape index (κ3) is 1.89. The highest BCUT2D eigenvalue weighted by molar-refractivity contribution is 5.61. The molecule has 2 spiro atoms. The van der Waals surface area contributed by atoms with Crippen LogP contribution in [0.4, 0.5) is 0 Å². The predicted molar refractivity (Wildman–Crippen MR) is 103 cm³/mol. The Morgan fingerprint density at radius 1 is 1.14 bits per heavy atom. The van der Waals surface area contributed by atoms with Crippen LogP contribution in [0.5, 0.6) is 11.5 Å². The van der Waals surface area contributed by atoms with Crippen molar-refractivity contribution in [1.29, 1.82) is 0 Å². The molecular formula is C23H29NO4. The minimum atomic E-state index is -0.571. The van der Waals surface area contributed by atoms with Crippen LogP contribution in [0.15, 0.2) is 12.1 Å². The van der Waals surface area contributed by atoms with Gasteiger partial charge in [-0.3, -0.25) is 4.90 Å². The number of rotatable bonds is 3. The Morgan fingerprint density at radius 3 is 2.79 bits per heavy atom. The molecule has 2 unspecified atom stereocenters. The van der Waals surface area contributed by atoms with Crippen molar-refractivity contribution in [1.82, 2.24) is 4.90 Å². The number of piperidine rings is 1. The zero-order valence-electron chi connectivity index (χ0n) is 16.6. The summed E-state index contributed by atoms with van der Waals surface area (Å²) in [6, 6.07) is 5.03. The van der Waals surface area contributed by atoms with Crippen molar-refractivity contribution in [2.75, 3.05) is 33.4 Å². The van der Waals surface area contributed by atoms with E-state index in [1.807, 2.05) is 0 Å². The molecule has 0 aromatic heterocycles. The van der Waals surface area contributed by atoms with Gasteiger partial charge in [-0.15, -0.1) is 0 Å². The summed E-state index contributed by atoms with van der Waals surface area (Å²) in [5.41, 5.74) is 2.92. The number of nitrogens with zero attached hydrogens (tertiary/aromatic N) is 1. The minimum Gasteiger partial charge on any atom is -0.493 e. The lowest BCUT2D eigenvalue weighted by Gasteiger charge is -2.61. The van der Waals surface area contributed by atoms with Crippen LogP contribution in [0, 0.1) is 11.8 Å². The molecule has 7 rings (SSSR count). The van der Waals surface area contributed by atoms with Gasteiger partial charge in [-0.1, -0.05) is 6.07 Å². The first-order chi connectivity index (χ1) is 13.7. The van der Waals surface area contributed by atoms with Gasteiger partial charge < -0.3 is 18.9 Å². The quantitative estimate of drug-likeness (QED) is 0.803. The van der Waals surface area contributed by atoms with Gasteiger partial charge in [0.15, 0.2) is 17.6 Å². The molecule has 0 amide bonds. The first-order valence-corrected chi connectivity index (χ1v) is 11.1. The van der Waals surface area contributed by atoms with Crippen molar-refractivity contribution < 1.29 is 18.9 Å². The van der Waals surface area contributed by atoms with Gasteiger partial charge in [0.25, 0.3) is 0 Å². The molecule has 1 aromatic carbocycles. The van der Waals surface area contributed by atoms with Crippen LogP contribution in [-0.4, -0.2) is 56.2 Å². The monoisotopic (exact) mass is 383 g/mol. The van der Waals surface area contributed by atoms with E-state index in [9.17, 15) is 0 Å². The topological polar surface area (TPSA) is 40.2 Å². The zero-order valence-corrected chi connectivity index (χ0v) is 16.6. The maximum absolute atomic E-state index is 6.77. The smallest absolute Gasteiger partial charge is 0.206 e. The van der Waals surface area contributed by atoms with Gasteiger partial charge in [0.2, 0.25) is 5.79 Å². The average Bonchev–Trinajstić information content (AvgIpc) is 3.28. The van der Waals surface area contributed by atoms with E-state index in [1.54, 1.807) is 7.11 Å². The van der Waals surface area contributed by atoms with Gasteiger partial charge in [0.1, 0.15) is 0 Å². The van der Waals surface area contributed by atoms with Crippen LogP contribution in [0.1, 0.15) is 43.2 Å². The number of methoxy groups -OCH3 is 1. The second-order valence-corrected chi connectivity index (χ2v) is 9.78. The fourth-order valence-electron chi connectivity index (χ4n) is 7.37. The second kappa shape index (κ2) is 5.44. The number of benzene rings is 1. The Kier molecular flexibility index (Phi) is 3.20. The molecule has 3 aliphatic carbocycles. The lowest BCUT2D eigenvalue weighted by Crippen LogP contribution is -2.70. The Balaban J connectivity index is 1.41. The van der Waals surface area contributed by atoms with Crippen molar-refractivity contribution in [2.45, 2.75) is 61.9 Å². The molecule has 150 valence electrons. The van der Waals surface area contributed by atoms with Gasteiger partial charge >= 0.3 is 0 Å². The molecule has 0 N–H and O–H groups in total. The highest BCUT2D eigenvalue weighted by Gasteiger charge is 2.71. The van der Waals surface area contributed by atoms with Crippen LogP contribution in [0.3, 0.4) is 0 Å². The van der Waals surface area contributed by atoms with E-state index < -0.39 is 5.79 Å². The largest absolute Gasteiger partial charge is 0.493 e. The van der Waals surface area contributed by atoms with Crippen LogP contribution < -0.4 is 9.47 Å². The summed E-state index contributed by atoms with van der Waals surface area (Å²) in [4.78, 5) is 2.82. The summed E-state index contributed by atoms with van der Waals surface area (Å²) in [6.45, 7) is 3.82. The molecule has 3 heterocycles. The van der Waals surface area contributed by atoms with Gasteiger partial charge in [-0.05, 0) is 62.1 Å². The first kappa shape index (κ1) is 16.5. The summed E-state index contributed by atoms with van der Waals surface area (Å²) in [6.07, 6.45) is 7.22. The van der Waals surface area contributed by atoms with Crippen LogP contribution >= 0.6 is 0 Å². The summed E-state index contributed by atoms with van der Waals surface area (Å²) >= 11 is 0. The standard InChI is InChI=1S/C23H29NO4/c1-25-18-5-4-15-12-17-16-6-7-23(26-10-11-27-23)21-22(16,19(15)20(18)28-21)8-9-24(17)13-14-2-3-14/h4-5,14,16-17,21H,2-3,6-13H2,1H3/t16?,17-,21-,22?/m0/s1. The van der Waals surface area contributed by atoms with E-state index in [4.69, 9.17) is 18.9 Å². The first-order valence-electron chi connectivity index (χ1n) is 11.1. The lowest BCUT2D eigenvalue weighted by atomic mass is 9.50. The fourth-order valence-corrected chi connectivity index (χ4v) is 7.37. The molecule has 4 atom stereocenters. The van der Waals surface area contributed by atoms with Gasteiger partial charge in [-0.25, -0.2) is 0 Å². The highest BCUT2D eigenvalue weighted by atomic mass is 16.8. The fraction of sp³-hybridized carbons (Fsp3) is 0.739. The third-order valence-corrected chi connectivity index (χ3v) is 8.60. The van der Waals surface area contributed by atoms with E-state index in [2.05, 4.69) is 17.0 Å². The van der Waals surface area contributed by atoms with Crippen LogP contribution in [0.2, 0.25) is 0 Å². The van der Waals surface area contributed by atoms with Crippen molar-refractivity contribution in [3.05, 3.63) is 23.3 Å². The van der Waals surface area contributed by atoms with E-state index in [0.29, 0.717) is 25.2 Å². The third-order valence-electron chi connectivity index (χ3n) is 8.60. The van der Waals surface area contributed by atoms with Crippen molar-refractivity contribution in [3.8, 4) is 11.5 Å². The van der Waals surface area contributed by atoms with E-state index in [1.165, 1.54) is 43.5 Å². The average molecular weight is 383 g/mol. The van der Waals surface area contributed by atoms with Crippen LogP contribution in [0.25, 0.3) is 0 Å². The number of fused-ring (bicyclic) bond motifs is 1. The Labute approximate surface area is 166 Å². The minimum absolute atomic E-state index is 0.0186. The zero-order chi connectivity index (χ0) is 18.5. The molecule has 0 radical (unpaired) electrons. The number of hydrogen-bond donors (Lipinski definition) is 0. The van der Waals surface area contributed by atoms with Gasteiger partial charge in [-0.2, -0.15) is 0 Å². The molecule has 1 aromatic rings. The Morgan fingerprint density at radius 2 is 2.00 bits per heavy atom. The van der Waals surface area contributed by atoms with E-state index in [-0.39, 0.29) is 11.5 Å². The predicted octanol–water partition coefficient (Wildman–Crippen LogP) is 2.89. The van der Waals surface area contributed by atoms with Crippen LogP contribution in [-0.2, 0) is 21.3 Å².